The molecule has 1 aliphatic carbocycles. The van der Waals surface area contributed by atoms with Gasteiger partial charge in [-0.15, -0.1) is 0 Å². The Morgan fingerprint density at radius 3 is 2.38 bits per heavy atom. The Kier molecular flexibility index (Phi) is 1.83. The Hall–Kier alpha value is -1.31. The lowest BCUT2D eigenvalue weighted by Gasteiger charge is -2.10. The van der Waals surface area contributed by atoms with Crippen LogP contribution in [-0.4, -0.2) is 10.9 Å². The summed E-state index contributed by atoms with van der Waals surface area (Å²) in [6, 6.07) is 9.86. The molecule has 1 saturated carbocycles. The van der Waals surface area contributed by atoms with E-state index in [1.54, 1.807) is 0 Å². The molecular formula is C11H13NO. The van der Waals surface area contributed by atoms with E-state index in [1.165, 1.54) is 0 Å². The predicted octanol–water partition coefficient (Wildman–Crippen LogP) is 2.67. The van der Waals surface area contributed by atoms with E-state index in [-0.39, 0.29) is 5.41 Å². The fourth-order valence-electron chi connectivity index (χ4n) is 1.55. The lowest BCUT2D eigenvalue weighted by atomic mass is 9.96. The van der Waals surface area contributed by atoms with Gasteiger partial charge in [0, 0.05) is 5.41 Å². The second-order valence-corrected chi connectivity index (χ2v) is 3.88. The molecule has 0 unspecified atom stereocenters. The first-order valence-electron chi connectivity index (χ1n) is 4.54. The van der Waals surface area contributed by atoms with E-state index in [4.69, 9.17) is 5.21 Å². The third kappa shape index (κ3) is 1.44. The summed E-state index contributed by atoms with van der Waals surface area (Å²) in [6.45, 7) is 2.13. The number of hydrogen-bond acceptors (Lipinski definition) is 2. The van der Waals surface area contributed by atoms with Crippen LogP contribution in [0.5, 0.6) is 0 Å². The van der Waals surface area contributed by atoms with Crippen LogP contribution in [0.3, 0.4) is 0 Å². The van der Waals surface area contributed by atoms with Gasteiger partial charge < -0.3 is 5.21 Å². The van der Waals surface area contributed by atoms with Crippen LogP contribution in [0.4, 0.5) is 0 Å². The number of hydrogen-bond donors (Lipinski definition) is 1. The molecule has 2 rings (SSSR count). The fraction of sp³-hybridized carbons (Fsp3) is 0.364. The van der Waals surface area contributed by atoms with E-state index in [2.05, 4.69) is 12.1 Å². The van der Waals surface area contributed by atoms with Crippen molar-refractivity contribution in [2.45, 2.75) is 19.8 Å². The van der Waals surface area contributed by atoms with Gasteiger partial charge in [0.25, 0.3) is 0 Å². The van der Waals surface area contributed by atoms with Crippen molar-refractivity contribution in [3.8, 4) is 0 Å². The zero-order chi connectivity index (χ0) is 9.31. The molecule has 2 nitrogen and oxygen atoms in total. The summed E-state index contributed by atoms with van der Waals surface area (Å²) in [5.74, 6) is 0. The molecule has 0 heterocycles. The molecule has 1 aromatic carbocycles. The molecule has 0 bridgehead atoms. The van der Waals surface area contributed by atoms with Crippen molar-refractivity contribution >= 4 is 5.71 Å². The number of oxime groups is 1. The van der Waals surface area contributed by atoms with Crippen LogP contribution in [0.25, 0.3) is 0 Å². The van der Waals surface area contributed by atoms with Crippen LogP contribution < -0.4 is 0 Å². The molecular weight excluding hydrogens is 162 g/mol. The predicted molar refractivity (Wildman–Crippen MR) is 52.1 cm³/mol. The summed E-state index contributed by atoms with van der Waals surface area (Å²) in [5, 5.41) is 12.4. The molecule has 1 N–H and O–H groups in total. The molecule has 0 aromatic heterocycles. The molecule has 1 fully saturated rings. The highest BCUT2D eigenvalue weighted by Crippen LogP contribution is 2.47. The van der Waals surface area contributed by atoms with E-state index in [0.29, 0.717) is 0 Å². The van der Waals surface area contributed by atoms with Gasteiger partial charge in [-0.2, -0.15) is 0 Å². The summed E-state index contributed by atoms with van der Waals surface area (Å²) < 4.78 is 0. The van der Waals surface area contributed by atoms with E-state index in [9.17, 15) is 0 Å². The summed E-state index contributed by atoms with van der Waals surface area (Å²) in [5.41, 5.74) is 1.98. The maximum atomic E-state index is 8.94. The zero-order valence-electron chi connectivity index (χ0n) is 7.70. The average molecular weight is 175 g/mol. The minimum Gasteiger partial charge on any atom is -0.411 e. The van der Waals surface area contributed by atoms with Crippen LogP contribution in [0, 0.1) is 5.41 Å². The number of nitrogens with zero attached hydrogens (tertiary/aromatic N) is 1. The molecule has 0 radical (unpaired) electrons. The summed E-state index contributed by atoms with van der Waals surface area (Å²) >= 11 is 0. The molecule has 0 aliphatic heterocycles. The monoisotopic (exact) mass is 175 g/mol. The van der Waals surface area contributed by atoms with E-state index in [0.717, 1.165) is 24.1 Å². The Bertz CT molecular complexity index is 325. The Labute approximate surface area is 77.9 Å². The van der Waals surface area contributed by atoms with E-state index < -0.39 is 0 Å². The number of benzene rings is 1. The first-order valence-corrected chi connectivity index (χ1v) is 4.54. The van der Waals surface area contributed by atoms with Gasteiger partial charge in [-0.25, -0.2) is 0 Å². The van der Waals surface area contributed by atoms with Crippen LogP contribution in [0.2, 0.25) is 0 Å². The minimum atomic E-state index is 0.121. The number of rotatable bonds is 2. The van der Waals surface area contributed by atoms with Gasteiger partial charge in [0.15, 0.2) is 0 Å². The highest BCUT2D eigenvalue weighted by molar-refractivity contribution is 6.05. The van der Waals surface area contributed by atoms with Crippen molar-refractivity contribution in [3.05, 3.63) is 35.9 Å². The zero-order valence-corrected chi connectivity index (χ0v) is 7.70. The maximum Gasteiger partial charge on any atom is 0.0926 e. The lowest BCUT2D eigenvalue weighted by Crippen LogP contribution is -2.13. The van der Waals surface area contributed by atoms with Crippen molar-refractivity contribution in [1.82, 2.24) is 0 Å². The molecule has 0 spiro atoms. The summed E-state index contributed by atoms with van der Waals surface area (Å²) in [7, 11) is 0. The van der Waals surface area contributed by atoms with Gasteiger partial charge in [-0.1, -0.05) is 42.4 Å². The van der Waals surface area contributed by atoms with Crippen molar-refractivity contribution in [2.75, 3.05) is 0 Å². The second kappa shape index (κ2) is 2.87. The van der Waals surface area contributed by atoms with Crippen LogP contribution in [0.15, 0.2) is 35.5 Å². The normalized spacial score (nSPS) is 19.9. The van der Waals surface area contributed by atoms with Crippen LogP contribution in [0.1, 0.15) is 25.3 Å². The Morgan fingerprint density at radius 1 is 1.31 bits per heavy atom. The van der Waals surface area contributed by atoms with Crippen LogP contribution >= 0.6 is 0 Å². The highest BCUT2D eigenvalue weighted by atomic mass is 16.4. The molecule has 0 atom stereocenters. The van der Waals surface area contributed by atoms with Crippen molar-refractivity contribution < 1.29 is 5.21 Å². The smallest absolute Gasteiger partial charge is 0.0926 e. The first kappa shape index (κ1) is 8.30. The fourth-order valence-corrected chi connectivity index (χ4v) is 1.55. The third-order valence-electron chi connectivity index (χ3n) is 2.72. The van der Waals surface area contributed by atoms with Crippen LogP contribution in [-0.2, 0) is 0 Å². The first-order chi connectivity index (χ1) is 6.26. The Balaban J connectivity index is 2.34. The topological polar surface area (TPSA) is 32.6 Å². The maximum absolute atomic E-state index is 8.94. The SMILES string of the molecule is CC1(C(=NO)c2ccccc2)CC1. The average Bonchev–Trinajstić information content (AvgIpc) is 2.87. The van der Waals surface area contributed by atoms with E-state index in [1.807, 2.05) is 30.3 Å². The second-order valence-electron chi connectivity index (χ2n) is 3.88. The van der Waals surface area contributed by atoms with E-state index >= 15 is 0 Å². The lowest BCUT2D eigenvalue weighted by molar-refractivity contribution is 0.315. The Morgan fingerprint density at radius 2 is 1.92 bits per heavy atom. The molecule has 1 aliphatic rings. The van der Waals surface area contributed by atoms with Gasteiger partial charge >= 0.3 is 0 Å². The largest absolute Gasteiger partial charge is 0.411 e. The van der Waals surface area contributed by atoms with Gasteiger partial charge in [-0.05, 0) is 18.4 Å². The standard InChI is InChI=1S/C11H13NO/c1-11(7-8-11)10(12-13)9-5-3-2-4-6-9/h2-6,13H,7-8H2,1H3. The molecule has 13 heavy (non-hydrogen) atoms. The molecule has 0 amide bonds. The van der Waals surface area contributed by atoms with Gasteiger partial charge in [-0.3, -0.25) is 0 Å². The molecule has 0 saturated heterocycles. The minimum absolute atomic E-state index is 0.121. The highest BCUT2D eigenvalue weighted by Gasteiger charge is 2.43. The molecule has 2 heteroatoms. The molecule has 1 aromatic rings. The molecule has 68 valence electrons. The van der Waals surface area contributed by atoms with Gasteiger partial charge in [0.1, 0.15) is 0 Å². The van der Waals surface area contributed by atoms with Gasteiger partial charge in [0.2, 0.25) is 0 Å². The van der Waals surface area contributed by atoms with Crippen molar-refractivity contribution in [2.24, 2.45) is 10.6 Å². The third-order valence-corrected chi connectivity index (χ3v) is 2.72. The summed E-state index contributed by atoms with van der Waals surface area (Å²) in [4.78, 5) is 0. The van der Waals surface area contributed by atoms with Crippen molar-refractivity contribution in [3.63, 3.8) is 0 Å². The quantitative estimate of drug-likeness (QED) is 0.418. The van der Waals surface area contributed by atoms with Gasteiger partial charge in [0.05, 0.1) is 5.71 Å². The van der Waals surface area contributed by atoms with Crippen molar-refractivity contribution in [1.29, 1.82) is 0 Å². The summed E-state index contributed by atoms with van der Waals surface area (Å²) in [6.07, 6.45) is 2.25.